The van der Waals surface area contributed by atoms with Gasteiger partial charge < -0.3 is 11.2 Å². The number of nitrogens with two attached hydrogens (primary N) is 1. The third-order valence-corrected chi connectivity index (χ3v) is 3.21. The van der Waals surface area contributed by atoms with Gasteiger partial charge in [-0.25, -0.2) is 0 Å². The molecule has 0 unspecified atom stereocenters. The van der Waals surface area contributed by atoms with Crippen molar-refractivity contribution >= 4 is 16.6 Å². The molecular weight excluding hydrogens is 200 g/mol. The SMILES string of the molecule is Nc1c2c(nc3ccccc13)CCCC2.O. The minimum atomic E-state index is 0. The largest absolute Gasteiger partial charge is 0.412 e. The first-order valence-corrected chi connectivity index (χ1v) is 5.52. The molecule has 0 saturated carbocycles. The monoisotopic (exact) mass is 216 g/mol. The average Bonchev–Trinajstić information content (AvgIpc) is 2.30. The van der Waals surface area contributed by atoms with E-state index in [-0.39, 0.29) is 5.48 Å². The fraction of sp³-hybridized carbons (Fsp3) is 0.308. The van der Waals surface area contributed by atoms with E-state index in [1.54, 1.807) is 0 Å². The molecule has 0 saturated heterocycles. The smallest absolute Gasteiger partial charge is 0.0726 e. The van der Waals surface area contributed by atoms with Gasteiger partial charge in [-0.15, -0.1) is 0 Å². The van der Waals surface area contributed by atoms with Crippen molar-refractivity contribution in [1.82, 2.24) is 4.98 Å². The molecule has 84 valence electrons. The molecule has 1 aromatic carbocycles. The molecule has 1 aliphatic carbocycles. The minimum Gasteiger partial charge on any atom is -0.412 e. The zero-order valence-corrected chi connectivity index (χ0v) is 9.16. The highest BCUT2D eigenvalue weighted by Crippen LogP contribution is 2.30. The number of hydrogen-bond donors (Lipinski definition) is 1. The van der Waals surface area contributed by atoms with E-state index in [1.165, 1.54) is 24.1 Å². The molecule has 0 spiro atoms. The van der Waals surface area contributed by atoms with Crippen molar-refractivity contribution in [2.24, 2.45) is 0 Å². The second-order valence-corrected chi connectivity index (χ2v) is 4.17. The Morgan fingerprint density at radius 3 is 2.69 bits per heavy atom. The topological polar surface area (TPSA) is 70.4 Å². The van der Waals surface area contributed by atoms with E-state index in [4.69, 9.17) is 10.7 Å². The fourth-order valence-electron chi connectivity index (χ4n) is 2.41. The molecule has 3 rings (SSSR count). The number of para-hydroxylation sites is 1. The lowest BCUT2D eigenvalue weighted by Gasteiger charge is -2.18. The van der Waals surface area contributed by atoms with Gasteiger partial charge in [-0.1, -0.05) is 18.2 Å². The predicted octanol–water partition coefficient (Wildman–Crippen LogP) is 1.87. The number of aryl methyl sites for hydroxylation is 1. The highest BCUT2D eigenvalue weighted by molar-refractivity contribution is 5.92. The number of anilines is 1. The van der Waals surface area contributed by atoms with Gasteiger partial charge in [0.2, 0.25) is 0 Å². The van der Waals surface area contributed by atoms with Crippen LogP contribution < -0.4 is 5.73 Å². The van der Waals surface area contributed by atoms with Gasteiger partial charge in [0, 0.05) is 16.8 Å². The Kier molecular flexibility index (Phi) is 2.79. The molecule has 0 radical (unpaired) electrons. The molecule has 0 amide bonds. The van der Waals surface area contributed by atoms with E-state index in [1.807, 2.05) is 18.2 Å². The average molecular weight is 216 g/mol. The van der Waals surface area contributed by atoms with Crippen molar-refractivity contribution in [2.75, 3.05) is 5.73 Å². The van der Waals surface area contributed by atoms with Gasteiger partial charge in [-0.05, 0) is 37.3 Å². The number of benzene rings is 1. The Bertz CT molecular complexity index is 523. The van der Waals surface area contributed by atoms with Crippen molar-refractivity contribution in [3.63, 3.8) is 0 Å². The number of pyridine rings is 1. The maximum Gasteiger partial charge on any atom is 0.0726 e. The first kappa shape index (κ1) is 10.9. The predicted molar refractivity (Wildman–Crippen MR) is 66.4 cm³/mol. The van der Waals surface area contributed by atoms with Crippen LogP contribution in [0.25, 0.3) is 10.9 Å². The van der Waals surface area contributed by atoms with Crippen LogP contribution in [-0.2, 0) is 12.8 Å². The van der Waals surface area contributed by atoms with Crippen LogP contribution in [0, 0.1) is 0 Å². The minimum absolute atomic E-state index is 0. The van der Waals surface area contributed by atoms with Crippen LogP contribution in [0.1, 0.15) is 24.1 Å². The lowest BCUT2D eigenvalue weighted by atomic mass is 9.93. The van der Waals surface area contributed by atoms with Gasteiger partial charge >= 0.3 is 0 Å². The van der Waals surface area contributed by atoms with E-state index in [0.717, 1.165) is 29.4 Å². The third-order valence-electron chi connectivity index (χ3n) is 3.21. The molecule has 2 aromatic rings. The van der Waals surface area contributed by atoms with Crippen LogP contribution in [0.15, 0.2) is 24.3 Å². The fourth-order valence-corrected chi connectivity index (χ4v) is 2.41. The number of aromatic nitrogens is 1. The Hall–Kier alpha value is -1.61. The van der Waals surface area contributed by atoms with Crippen molar-refractivity contribution in [1.29, 1.82) is 0 Å². The van der Waals surface area contributed by atoms with Gasteiger partial charge in [0.1, 0.15) is 0 Å². The van der Waals surface area contributed by atoms with Crippen molar-refractivity contribution in [2.45, 2.75) is 25.7 Å². The molecule has 16 heavy (non-hydrogen) atoms. The quantitative estimate of drug-likeness (QED) is 0.730. The van der Waals surface area contributed by atoms with Crippen molar-refractivity contribution in [3.8, 4) is 0 Å². The summed E-state index contributed by atoms with van der Waals surface area (Å²) in [7, 11) is 0. The molecular formula is C13H16N2O. The summed E-state index contributed by atoms with van der Waals surface area (Å²) < 4.78 is 0. The van der Waals surface area contributed by atoms with Crippen LogP contribution in [0.4, 0.5) is 5.69 Å². The lowest BCUT2D eigenvalue weighted by Crippen LogP contribution is -2.09. The summed E-state index contributed by atoms with van der Waals surface area (Å²) in [6.45, 7) is 0. The second kappa shape index (κ2) is 4.10. The number of fused-ring (bicyclic) bond motifs is 2. The molecule has 0 atom stereocenters. The van der Waals surface area contributed by atoms with Crippen molar-refractivity contribution < 1.29 is 5.48 Å². The van der Waals surface area contributed by atoms with Crippen molar-refractivity contribution in [3.05, 3.63) is 35.5 Å². The lowest BCUT2D eigenvalue weighted by molar-refractivity contribution is 0.673. The third kappa shape index (κ3) is 1.53. The summed E-state index contributed by atoms with van der Waals surface area (Å²) in [5, 5.41) is 1.11. The second-order valence-electron chi connectivity index (χ2n) is 4.17. The molecule has 0 fully saturated rings. The van der Waals surface area contributed by atoms with Crippen LogP contribution >= 0.6 is 0 Å². The molecule has 3 heteroatoms. The molecule has 0 aliphatic heterocycles. The maximum absolute atomic E-state index is 6.20. The van der Waals surface area contributed by atoms with Gasteiger partial charge in [0.05, 0.1) is 5.52 Å². The van der Waals surface area contributed by atoms with Crippen LogP contribution in [0.5, 0.6) is 0 Å². The van der Waals surface area contributed by atoms with E-state index >= 15 is 0 Å². The van der Waals surface area contributed by atoms with E-state index in [9.17, 15) is 0 Å². The number of rotatable bonds is 0. The highest BCUT2D eigenvalue weighted by Gasteiger charge is 2.15. The molecule has 1 aromatic heterocycles. The zero-order valence-electron chi connectivity index (χ0n) is 9.16. The maximum atomic E-state index is 6.20. The first-order valence-electron chi connectivity index (χ1n) is 5.52. The first-order chi connectivity index (χ1) is 7.36. The van der Waals surface area contributed by atoms with Crippen LogP contribution in [0.3, 0.4) is 0 Å². The summed E-state index contributed by atoms with van der Waals surface area (Å²) in [5.41, 5.74) is 10.7. The van der Waals surface area contributed by atoms with Gasteiger partial charge in [-0.3, -0.25) is 4.98 Å². The zero-order chi connectivity index (χ0) is 10.3. The Labute approximate surface area is 94.6 Å². The molecule has 1 heterocycles. The summed E-state index contributed by atoms with van der Waals surface area (Å²) in [5.74, 6) is 0. The molecule has 4 N–H and O–H groups in total. The molecule has 1 aliphatic rings. The number of nitrogen functional groups attached to an aromatic ring is 1. The summed E-state index contributed by atoms with van der Waals surface area (Å²) in [6.07, 6.45) is 4.68. The Balaban J connectivity index is 0.000000963. The number of nitrogens with zero attached hydrogens (tertiary/aromatic N) is 1. The van der Waals surface area contributed by atoms with Gasteiger partial charge in [0.15, 0.2) is 0 Å². The Morgan fingerprint density at radius 2 is 1.81 bits per heavy atom. The van der Waals surface area contributed by atoms with Gasteiger partial charge in [-0.2, -0.15) is 0 Å². The summed E-state index contributed by atoms with van der Waals surface area (Å²) in [6, 6.07) is 8.15. The van der Waals surface area contributed by atoms with E-state index in [0.29, 0.717) is 0 Å². The summed E-state index contributed by atoms with van der Waals surface area (Å²) >= 11 is 0. The summed E-state index contributed by atoms with van der Waals surface area (Å²) in [4.78, 5) is 4.70. The standard InChI is InChI=1S/C13H14N2.H2O/c14-13-9-5-1-3-7-11(9)15-12-8-4-2-6-10(12)13;/h1,3,5,7H,2,4,6,8H2,(H2,14,15);1H2. The highest BCUT2D eigenvalue weighted by atomic mass is 16.0. The van der Waals surface area contributed by atoms with E-state index in [2.05, 4.69) is 6.07 Å². The Morgan fingerprint density at radius 1 is 1.06 bits per heavy atom. The van der Waals surface area contributed by atoms with Crippen LogP contribution in [0.2, 0.25) is 0 Å². The molecule has 3 nitrogen and oxygen atoms in total. The van der Waals surface area contributed by atoms with Gasteiger partial charge in [0.25, 0.3) is 0 Å². The van der Waals surface area contributed by atoms with Crippen LogP contribution in [-0.4, -0.2) is 10.5 Å². The number of hydrogen-bond acceptors (Lipinski definition) is 2. The molecule has 0 bridgehead atoms. The normalized spacial score (nSPS) is 14.2. The van der Waals surface area contributed by atoms with E-state index < -0.39 is 0 Å².